The maximum absolute atomic E-state index is 9.19. The Kier molecular flexibility index (Phi) is 8.81. The molecule has 1 aliphatic rings. The number of benzene rings is 8. The molecule has 0 N–H and O–H groups in total. The van der Waals surface area contributed by atoms with Crippen LogP contribution in [0, 0.1) is 22.8 Å². The summed E-state index contributed by atoms with van der Waals surface area (Å²) < 4.78 is 81.5. The van der Waals surface area contributed by atoms with Crippen molar-refractivity contribution >= 4 is 46.4 Å². The average Bonchev–Trinajstić information content (AvgIpc) is 3.92. The van der Waals surface area contributed by atoms with Gasteiger partial charge in [0.2, 0.25) is 0 Å². The molecule has 0 aliphatic carbocycles. The normalized spacial score (nSPS) is 14.4. The van der Waals surface area contributed by atoms with Crippen LogP contribution in [0.25, 0.3) is 44.7 Å². The van der Waals surface area contributed by atoms with E-state index in [1.807, 2.05) is 118 Å². The van der Waals surface area contributed by atoms with Gasteiger partial charge in [-0.05, 0) is 12.1 Å². The van der Waals surface area contributed by atoms with E-state index in [1.165, 1.54) is 6.07 Å². The molecule has 8 heteroatoms. The van der Waals surface area contributed by atoms with Crippen LogP contribution in [-0.4, -0.2) is 21.1 Å². The van der Waals surface area contributed by atoms with Crippen molar-refractivity contribution in [2.45, 2.75) is 33.0 Å². The molecule has 67 heavy (non-hydrogen) atoms. The Morgan fingerprint density at radius 1 is 0.672 bits per heavy atom. The van der Waals surface area contributed by atoms with Crippen LogP contribution >= 0.6 is 0 Å². The molecule has 0 unspecified atom stereocenters. The summed E-state index contributed by atoms with van der Waals surface area (Å²) >= 11 is 2.23. The predicted molar refractivity (Wildman–Crippen MR) is 271 cm³/mol. The van der Waals surface area contributed by atoms with E-state index in [4.69, 9.17) is 17.9 Å². The maximum atomic E-state index is 9.19. The van der Waals surface area contributed by atoms with Gasteiger partial charge in [0.15, 0.2) is 0 Å². The van der Waals surface area contributed by atoms with E-state index in [1.54, 1.807) is 18.2 Å². The van der Waals surface area contributed by atoms with Gasteiger partial charge in [0.05, 0.1) is 0 Å². The number of ether oxygens (including phenoxy) is 1. The molecule has 0 radical (unpaired) electrons. The number of aryl methyl sites for hydroxylation is 1. The van der Waals surface area contributed by atoms with Gasteiger partial charge in [-0.1, -0.05) is 48.5 Å². The zero-order chi connectivity index (χ0) is 52.5. The van der Waals surface area contributed by atoms with E-state index in [0.29, 0.717) is 26.6 Å². The van der Waals surface area contributed by atoms with Crippen molar-refractivity contribution in [1.29, 1.82) is 0 Å². The first-order valence-corrected chi connectivity index (χ1v) is 23.1. The third-order valence-corrected chi connectivity index (χ3v) is 13.0. The van der Waals surface area contributed by atoms with Crippen molar-refractivity contribution in [2.75, 3.05) is 9.62 Å². The topological polar surface area (TPSA) is 38.5 Å². The fraction of sp³-hybridized carbons (Fsp3) is 0.0847. The van der Waals surface area contributed by atoms with Gasteiger partial charge in [-0.3, -0.25) is 0 Å². The van der Waals surface area contributed by atoms with E-state index < -0.39 is 25.0 Å². The van der Waals surface area contributed by atoms with Crippen LogP contribution in [0.3, 0.4) is 0 Å². The number of rotatable bonds is 9. The number of pyridine rings is 1. The van der Waals surface area contributed by atoms with E-state index in [0.717, 1.165) is 50.2 Å². The zero-order valence-electron chi connectivity index (χ0n) is 44.8. The first kappa shape index (κ1) is 33.9. The number of anilines is 4. The molecule has 1 aliphatic heterocycles. The molecule has 0 saturated carbocycles. The van der Waals surface area contributed by atoms with Crippen LogP contribution in [0.4, 0.5) is 22.9 Å². The Bertz CT molecular complexity index is 3890. The van der Waals surface area contributed by atoms with Gasteiger partial charge >= 0.3 is 332 Å². The van der Waals surface area contributed by atoms with Gasteiger partial charge in [0.25, 0.3) is 0 Å². The molecule has 0 fully saturated rings. The Labute approximate surface area is 414 Å². The molecule has 3 heterocycles. The Balaban J connectivity index is 1.09. The van der Waals surface area contributed by atoms with Crippen LogP contribution in [0.5, 0.6) is 11.6 Å². The van der Waals surface area contributed by atoms with Crippen molar-refractivity contribution in [3.8, 4) is 45.3 Å². The molecule has 0 amide bonds. The number of imidazole rings is 1. The van der Waals surface area contributed by atoms with E-state index in [2.05, 4.69) is 104 Å². The van der Waals surface area contributed by atoms with E-state index in [9.17, 15) is 2.74 Å². The first-order chi connectivity index (χ1) is 36.0. The fourth-order valence-corrected chi connectivity index (χ4v) is 9.97. The summed E-state index contributed by atoms with van der Waals surface area (Å²) in [6.45, 7) is 3.46. The van der Waals surface area contributed by atoms with Gasteiger partial charge in [-0.25, -0.2) is 0 Å². The number of hydrogen-bond acceptors (Lipinski definition) is 4. The summed E-state index contributed by atoms with van der Waals surface area (Å²) in [5.74, 6) is 0.644. The monoisotopic (exact) mass is 1050 g/mol. The van der Waals surface area contributed by atoms with Crippen LogP contribution in [0.1, 0.15) is 42.9 Å². The minimum atomic E-state index is -2.61. The second-order valence-electron chi connectivity index (χ2n) is 17.2. The third-order valence-electron chi connectivity index (χ3n) is 12.0. The SMILES string of the molecule is [2H]c1c([2H])c([2H])c(-c2cccc(-c3cccc(C(C)(C)C)c3)c2-n2[c](=[Pt])n(-c3[c-]c(Oc4cccc(N5B(c6ccccc6)N(c6ccccc6)c6ccc[c-]c65)n4)c(C([2H])([2H])[2H])cc3)c3ccccc32)c([2H])c1[2H]. The summed E-state index contributed by atoms with van der Waals surface area (Å²) in [5, 5.41) is 0. The Hall–Kier alpha value is -7.47. The second kappa shape index (κ2) is 17.4. The predicted octanol–water partition coefficient (Wildman–Crippen LogP) is 13.9. The molecule has 10 aromatic rings. The van der Waals surface area contributed by atoms with Crippen molar-refractivity contribution in [3.05, 3.63) is 233 Å². The molecule has 0 bridgehead atoms. The molecule has 11 rings (SSSR count). The van der Waals surface area contributed by atoms with Gasteiger partial charge in [0.1, 0.15) is 0 Å². The quantitative estimate of drug-likeness (QED) is 0.107. The molecule has 8 aromatic carbocycles. The zero-order valence-corrected chi connectivity index (χ0v) is 39.1. The number of para-hydroxylation sites is 5. The number of fused-ring (bicyclic) bond motifs is 2. The van der Waals surface area contributed by atoms with Crippen molar-refractivity contribution in [3.63, 3.8) is 0 Å². The first-order valence-electron chi connectivity index (χ1n) is 25.9. The van der Waals surface area contributed by atoms with Crippen molar-refractivity contribution in [1.82, 2.24) is 14.1 Å². The fourth-order valence-electron chi connectivity index (χ4n) is 8.89. The second-order valence-corrected chi connectivity index (χ2v) is 18.2. The minimum absolute atomic E-state index is 0.0457. The van der Waals surface area contributed by atoms with Gasteiger partial charge in [0, 0.05) is 5.69 Å². The number of nitrogens with zero attached hydrogens (tertiary/aromatic N) is 5. The Morgan fingerprint density at radius 3 is 2.13 bits per heavy atom. The standard InChI is InChI=1S/C59H46BN5O.Pt/c1-42-37-38-48(40-55(42)66-57-36-20-35-56(61-57)65-54-34-17-16-33-53(54)64(47-27-12-7-13-28-47)60(65)46-25-10-6-11-26-46)62-41-63(52-32-15-14-31-51(52)62)58-49(43-21-8-5-9-22-43)29-19-30-50(58)44-23-18-24-45(39-44)59(2,3)4;/h5-33,35-39H,1-4H3;/q-2;/i1D3,5D,8D,9D,21D,22D;. The van der Waals surface area contributed by atoms with Gasteiger partial charge in [-0.2, -0.15) is 12.1 Å². The number of hydrogen-bond donors (Lipinski definition) is 0. The molecule has 0 atom stereocenters. The molecule has 0 saturated heterocycles. The molecule has 328 valence electrons. The summed E-state index contributed by atoms with van der Waals surface area (Å²) in [6, 6.07) is 61.3. The molecule has 2 aromatic heterocycles. The van der Waals surface area contributed by atoms with Crippen LogP contribution < -0.4 is 19.8 Å². The van der Waals surface area contributed by atoms with E-state index in [-0.39, 0.29) is 47.2 Å². The third kappa shape index (κ3) is 7.73. The van der Waals surface area contributed by atoms with Crippen molar-refractivity contribution in [2.24, 2.45) is 0 Å². The van der Waals surface area contributed by atoms with Crippen LogP contribution in [-0.2, 0) is 24.8 Å². The molecule has 6 nitrogen and oxygen atoms in total. The van der Waals surface area contributed by atoms with Crippen LogP contribution in [0.15, 0.2) is 206 Å². The van der Waals surface area contributed by atoms with Gasteiger partial charge < -0.3 is 0 Å². The van der Waals surface area contributed by atoms with E-state index >= 15 is 0 Å². The molecular weight excluding hydrogens is 1000 g/mol. The van der Waals surface area contributed by atoms with Gasteiger partial charge in [-0.15, -0.1) is 6.07 Å². The summed E-state index contributed by atoms with van der Waals surface area (Å²) in [4.78, 5) is 9.46. The number of aromatic nitrogens is 3. The summed E-state index contributed by atoms with van der Waals surface area (Å²) in [5.41, 5.74) is 9.14. The summed E-state index contributed by atoms with van der Waals surface area (Å²) in [6.07, 6.45) is 0. The average molecular weight is 1050 g/mol. The molecule has 0 spiro atoms. The summed E-state index contributed by atoms with van der Waals surface area (Å²) in [7, 11) is 0. The van der Waals surface area contributed by atoms with Crippen molar-refractivity contribution < 1.29 is 35.1 Å². The van der Waals surface area contributed by atoms with Crippen LogP contribution in [0.2, 0.25) is 0 Å². The molecular formula is C59H46BN5OPt-2. The Morgan fingerprint density at radius 2 is 1.37 bits per heavy atom.